The molecule has 0 bridgehead atoms. The van der Waals surface area contributed by atoms with Crippen LogP contribution in [0.2, 0.25) is 0 Å². The molecule has 0 amide bonds. The molecule has 0 unspecified atom stereocenters. The van der Waals surface area contributed by atoms with Gasteiger partial charge in [0.15, 0.2) is 0 Å². The average Bonchev–Trinajstić information content (AvgIpc) is 2.75. The van der Waals surface area contributed by atoms with E-state index in [1.54, 1.807) is 0 Å². The topological polar surface area (TPSA) is 18.5 Å². The molecule has 3 rings (SSSR count). The van der Waals surface area contributed by atoms with Crippen molar-refractivity contribution >= 4 is 0 Å². The summed E-state index contributed by atoms with van der Waals surface area (Å²) in [5.41, 5.74) is 2.69. The summed E-state index contributed by atoms with van der Waals surface area (Å²) in [4.78, 5) is 0. The zero-order chi connectivity index (χ0) is 18.8. The molecule has 0 aliphatic carbocycles. The fraction of sp³-hybridized carbons (Fsp3) is 0.280. The highest BCUT2D eigenvalue weighted by molar-refractivity contribution is 5.38. The summed E-state index contributed by atoms with van der Waals surface area (Å²) in [6.07, 6.45) is 2.05. The molecule has 0 radical (unpaired) electrons. The van der Waals surface area contributed by atoms with Crippen LogP contribution in [0.15, 0.2) is 91.0 Å². The molecular formula is C25H28O2. The van der Waals surface area contributed by atoms with Gasteiger partial charge in [0.1, 0.15) is 12.4 Å². The molecule has 0 spiro atoms. The first-order valence-corrected chi connectivity index (χ1v) is 9.66. The van der Waals surface area contributed by atoms with Crippen LogP contribution in [0.25, 0.3) is 0 Å². The standard InChI is InChI=1S/C25H28O2/c1-25(22-12-5-2-6-13-22,23-14-7-3-8-15-23)18-11-19-26-20-21-27-24-16-9-4-10-17-24/h2-10,12-17H,11,18-21H2,1H3. The lowest BCUT2D eigenvalue weighted by atomic mass is 9.73. The van der Waals surface area contributed by atoms with Gasteiger partial charge in [0.2, 0.25) is 0 Å². The maximum Gasteiger partial charge on any atom is 0.119 e. The lowest BCUT2D eigenvalue weighted by Gasteiger charge is -2.31. The van der Waals surface area contributed by atoms with Crippen LogP contribution < -0.4 is 4.74 Å². The maximum absolute atomic E-state index is 5.80. The number of ether oxygens (including phenoxy) is 2. The molecule has 0 aromatic heterocycles. The number of rotatable bonds is 10. The Balaban J connectivity index is 1.49. The van der Waals surface area contributed by atoms with Gasteiger partial charge < -0.3 is 9.47 Å². The fourth-order valence-corrected chi connectivity index (χ4v) is 3.43. The van der Waals surface area contributed by atoms with Crippen LogP contribution in [0.4, 0.5) is 0 Å². The summed E-state index contributed by atoms with van der Waals surface area (Å²) in [7, 11) is 0. The summed E-state index contributed by atoms with van der Waals surface area (Å²) < 4.78 is 11.5. The summed E-state index contributed by atoms with van der Waals surface area (Å²) >= 11 is 0. The average molecular weight is 360 g/mol. The van der Waals surface area contributed by atoms with Crippen LogP contribution in [-0.2, 0) is 10.2 Å². The second-order valence-electron chi connectivity index (χ2n) is 6.94. The van der Waals surface area contributed by atoms with Crippen molar-refractivity contribution in [3.05, 3.63) is 102 Å². The summed E-state index contributed by atoms with van der Waals surface area (Å²) in [5.74, 6) is 0.891. The Bertz CT molecular complexity index is 730. The quantitative estimate of drug-likeness (QED) is 0.421. The van der Waals surface area contributed by atoms with Gasteiger partial charge >= 0.3 is 0 Å². The Labute approximate surface area is 162 Å². The van der Waals surface area contributed by atoms with Crippen molar-refractivity contribution in [2.45, 2.75) is 25.2 Å². The molecule has 0 fully saturated rings. The second kappa shape index (κ2) is 9.94. The van der Waals surface area contributed by atoms with E-state index >= 15 is 0 Å². The van der Waals surface area contributed by atoms with Crippen LogP contribution in [-0.4, -0.2) is 19.8 Å². The smallest absolute Gasteiger partial charge is 0.119 e. The van der Waals surface area contributed by atoms with Gasteiger partial charge in [-0.1, -0.05) is 85.8 Å². The van der Waals surface area contributed by atoms with E-state index in [2.05, 4.69) is 67.6 Å². The maximum atomic E-state index is 5.80. The van der Waals surface area contributed by atoms with Crippen molar-refractivity contribution in [1.29, 1.82) is 0 Å². The van der Waals surface area contributed by atoms with Crippen LogP contribution in [0.5, 0.6) is 5.75 Å². The number of hydrogen-bond acceptors (Lipinski definition) is 2. The highest BCUT2D eigenvalue weighted by Gasteiger charge is 2.27. The highest BCUT2D eigenvalue weighted by atomic mass is 16.5. The van der Waals surface area contributed by atoms with Gasteiger partial charge in [-0.05, 0) is 36.1 Å². The van der Waals surface area contributed by atoms with E-state index in [-0.39, 0.29) is 5.41 Å². The Kier molecular flexibility index (Phi) is 7.06. The molecule has 0 aliphatic rings. The molecule has 27 heavy (non-hydrogen) atoms. The van der Waals surface area contributed by atoms with E-state index in [0.717, 1.165) is 25.2 Å². The van der Waals surface area contributed by atoms with Gasteiger partial charge in [0.25, 0.3) is 0 Å². The third-order valence-corrected chi connectivity index (χ3v) is 5.03. The molecule has 3 aromatic carbocycles. The second-order valence-corrected chi connectivity index (χ2v) is 6.94. The van der Waals surface area contributed by atoms with E-state index < -0.39 is 0 Å². The minimum absolute atomic E-state index is 0.00752. The van der Waals surface area contributed by atoms with Crippen molar-refractivity contribution < 1.29 is 9.47 Å². The molecule has 3 aromatic rings. The zero-order valence-corrected chi connectivity index (χ0v) is 16.0. The van der Waals surface area contributed by atoms with Gasteiger partial charge in [0, 0.05) is 12.0 Å². The predicted octanol–water partition coefficient (Wildman–Crippen LogP) is 5.87. The first-order chi connectivity index (χ1) is 13.3. The predicted molar refractivity (Wildman–Crippen MR) is 111 cm³/mol. The van der Waals surface area contributed by atoms with E-state index in [1.165, 1.54) is 11.1 Å². The third-order valence-electron chi connectivity index (χ3n) is 5.03. The van der Waals surface area contributed by atoms with Crippen LogP contribution in [0, 0.1) is 0 Å². The van der Waals surface area contributed by atoms with Crippen molar-refractivity contribution in [3.8, 4) is 5.75 Å². The van der Waals surface area contributed by atoms with Crippen LogP contribution in [0.3, 0.4) is 0 Å². The SMILES string of the molecule is CC(CCCOCCOc1ccccc1)(c1ccccc1)c1ccccc1. The molecule has 2 nitrogen and oxygen atoms in total. The fourth-order valence-electron chi connectivity index (χ4n) is 3.43. The summed E-state index contributed by atoms with van der Waals surface area (Å²) in [5, 5.41) is 0. The molecule has 0 N–H and O–H groups in total. The molecule has 0 saturated heterocycles. The zero-order valence-electron chi connectivity index (χ0n) is 16.0. The van der Waals surface area contributed by atoms with Crippen molar-refractivity contribution in [3.63, 3.8) is 0 Å². The van der Waals surface area contributed by atoms with Crippen molar-refractivity contribution in [2.24, 2.45) is 0 Å². The van der Waals surface area contributed by atoms with Gasteiger partial charge in [-0.3, -0.25) is 0 Å². The van der Waals surface area contributed by atoms with E-state index in [1.807, 2.05) is 30.3 Å². The largest absolute Gasteiger partial charge is 0.491 e. The first-order valence-electron chi connectivity index (χ1n) is 9.66. The Morgan fingerprint density at radius 2 is 1.15 bits per heavy atom. The van der Waals surface area contributed by atoms with Gasteiger partial charge in [-0.2, -0.15) is 0 Å². The van der Waals surface area contributed by atoms with Crippen molar-refractivity contribution in [2.75, 3.05) is 19.8 Å². The Morgan fingerprint density at radius 3 is 1.70 bits per heavy atom. The van der Waals surface area contributed by atoms with Crippen LogP contribution >= 0.6 is 0 Å². The highest BCUT2D eigenvalue weighted by Crippen LogP contribution is 2.36. The number of hydrogen-bond donors (Lipinski definition) is 0. The van der Waals surface area contributed by atoms with Crippen molar-refractivity contribution in [1.82, 2.24) is 0 Å². The Hall–Kier alpha value is -2.58. The molecule has 0 atom stereocenters. The normalized spacial score (nSPS) is 11.3. The van der Waals surface area contributed by atoms with Crippen LogP contribution in [0.1, 0.15) is 30.9 Å². The molecule has 140 valence electrons. The Morgan fingerprint density at radius 1 is 0.630 bits per heavy atom. The third kappa shape index (κ3) is 5.45. The molecular weight excluding hydrogens is 332 g/mol. The monoisotopic (exact) mass is 360 g/mol. The number of para-hydroxylation sites is 1. The molecule has 0 aliphatic heterocycles. The van der Waals surface area contributed by atoms with E-state index in [4.69, 9.17) is 9.47 Å². The number of benzene rings is 3. The minimum Gasteiger partial charge on any atom is -0.491 e. The van der Waals surface area contributed by atoms with Gasteiger partial charge in [-0.25, -0.2) is 0 Å². The summed E-state index contributed by atoms with van der Waals surface area (Å²) in [6.45, 7) is 4.27. The molecule has 0 saturated carbocycles. The van der Waals surface area contributed by atoms with Gasteiger partial charge in [-0.15, -0.1) is 0 Å². The molecule has 0 heterocycles. The summed E-state index contributed by atoms with van der Waals surface area (Å²) in [6, 6.07) is 31.4. The lowest BCUT2D eigenvalue weighted by Crippen LogP contribution is -2.24. The molecule has 2 heteroatoms. The first kappa shape index (κ1) is 19.2. The lowest BCUT2D eigenvalue weighted by molar-refractivity contribution is 0.0951. The van der Waals surface area contributed by atoms with E-state index in [9.17, 15) is 0 Å². The van der Waals surface area contributed by atoms with Gasteiger partial charge in [0.05, 0.1) is 6.61 Å². The minimum atomic E-state index is -0.00752. The van der Waals surface area contributed by atoms with E-state index in [0.29, 0.717) is 13.2 Å².